The van der Waals surface area contributed by atoms with Crippen molar-refractivity contribution in [1.29, 1.82) is 0 Å². The second-order valence-electron chi connectivity index (χ2n) is 9.70. The Labute approximate surface area is 209 Å². The maximum Gasteiger partial charge on any atom is 0.259 e. The van der Waals surface area contributed by atoms with E-state index < -0.39 is 10.8 Å². The zero-order valence-electron chi connectivity index (χ0n) is 20.1. The van der Waals surface area contributed by atoms with Crippen LogP contribution in [-0.4, -0.2) is 22.1 Å². The summed E-state index contributed by atoms with van der Waals surface area (Å²) in [5, 5.41) is 3.17. The second-order valence-corrected chi connectivity index (χ2v) is 11.1. The third-order valence-electron chi connectivity index (χ3n) is 7.21. The van der Waals surface area contributed by atoms with E-state index in [-0.39, 0.29) is 17.9 Å². The van der Waals surface area contributed by atoms with Gasteiger partial charge in [0, 0.05) is 11.6 Å². The molecule has 1 N–H and O–H groups in total. The molecule has 5 rings (SSSR count). The van der Waals surface area contributed by atoms with Crippen LogP contribution in [0.3, 0.4) is 0 Å². The summed E-state index contributed by atoms with van der Waals surface area (Å²) in [6, 6.07) is 20.4. The van der Waals surface area contributed by atoms with Crippen LogP contribution in [0.1, 0.15) is 64.4 Å². The van der Waals surface area contributed by atoms with E-state index in [1.165, 1.54) is 0 Å². The first-order valence-corrected chi connectivity index (χ1v) is 13.4. The van der Waals surface area contributed by atoms with Crippen LogP contribution in [0.25, 0.3) is 0 Å². The molecular formula is C29H30N2O3S. The predicted molar refractivity (Wildman–Crippen MR) is 138 cm³/mol. The molecule has 1 atom stereocenters. The Kier molecular flexibility index (Phi) is 6.56. The van der Waals surface area contributed by atoms with E-state index in [0.29, 0.717) is 39.1 Å². The molecule has 0 bridgehead atoms. The smallest absolute Gasteiger partial charge is 0.259 e. The predicted octanol–water partition coefficient (Wildman–Crippen LogP) is 5.63. The average molecular weight is 487 g/mol. The second kappa shape index (κ2) is 9.78. The lowest BCUT2D eigenvalue weighted by atomic mass is 9.87. The molecule has 1 heterocycles. The van der Waals surface area contributed by atoms with Crippen molar-refractivity contribution in [3.63, 3.8) is 0 Å². The number of hydrogen-bond donors (Lipinski definition) is 1. The summed E-state index contributed by atoms with van der Waals surface area (Å²) in [5.74, 6) is 0.339. The summed E-state index contributed by atoms with van der Waals surface area (Å²) < 4.78 is 13.6. The molecule has 0 saturated heterocycles. The van der Waals surface area contributed by atoms with E-state index in [1.54, 1.807) is 47.4 Å². The number of nitrogens with zero attached hydrogens (tertiary/aromatic N) is 1. The Morgan fingerprint density at radius 3 is 2.46 bits per heavy atom. The van der Waals surface area contributed by atoms with Gasteiger partial charge in [0.1, 0.15) is 0 Å². The van der Waals surface area contributed by atoms with Crippen LogP contribution in [-0.2, 0) is 17.3 Å². The number of fused-ring (bicyclic) bond motifs is 2. The molecule has 5 nitrogen and oxygen atoms in total. The van der Waals surface area contributed by atoms with Gasteiger partial charge in [-0.3, -0.25) is 9.59 Å². The maximum atomic E-state index is 13.8. The van der Waals surface area contributed by atoms with Crippen LogP contribution < -0.4 is 10.2 Å². The molecule has 1 unspecified atom stereocenters. The third kappa shape index (κ3) is 4.67. The number of carbonyl (C=O) groups is 2. The molecule has 0 spiro atoms. The lowest BCUT2D eigenvalue weighted by Gasteiger charge is -2.27. The maximum absolute atomic E-state index is 13.8. The van der Waals surface area contributed by atoms with Crippen LogP contribution in [0.5, 0.6) is 0 Å². The molecule has 0 radical (unpaired) electrons. The molecule has 1 saturated carbocycles. The largest absolute Gasteiger partial charge is 0.349 e. The first kappa shape index (κ1) is 23.5. The Balaban J connectivity index is 1.55. The highest BCUT2D eigenvalue weighted by molar-refractivity contribution is 7.85. The van der Waals surface area contributed by atoms with Gasteiger partial charge in [-0.15, -0.1) is 0 Å². The Bertz CT molecular complexity index is 1310. The van der Waals surface area contributed by atoms with Gasteiger partial charge in [0.15, 0.2) is 0 Å². The van der Waals surface area contributed by atoms with E-state index in [1.807, 2.05) is 31.2 Å². The van der Waals surface area contributed by atoms with Crippen molar-refractivity contribution < 1.29 is 13.8 Å². The van der Waals surface area contributed by atoms with Crippen molar-refractivity contribution in [2.24, 2.45) is 5.92 Å². The van der Waals surface area contributed by atoms with Gasteiger partial charge in [0.05, 0.1) is 38.4 Å². The van der Waals surface area contributed by atoms with Crippen molar-refractivity contribution in [2.45, 2.75) is 61.9 Å². The fraction of sp³-hybridized carbons (Fsp3) is 0.310. The molecule has 1 aliphatic heterocycles. The molecule has 1 aliphatic carbocycles. The van der Waals surface area contributed by atoms with Gasteiger partial charge in [0.2, 0.25) is 0 Å². The standard InChI is InChI=1S/C29H30N2O3S/c1-19-11-14-23(15-12-19)30-28(32)21-13-16-27-25(17-21)31(18-22-8-4-3-7-20(22)2)29(33)24-9-5-6-10-26(24)35(27)34/h3-10,13,16-17,19,23H,11-12,14-15,18H2,1-2H3,(H,30,32). The monoisotopic (exact) mass is 486 g/mol. The van der Waals surface area contributed by atoms with E-state index in [0.717, 1.165) is 36.8 Å². The molecule has 6 heteroatoms. The number of amides is 2. The molecule has 35 heavy (non-hydrogen) atoms. The van der Waals surface area contributed by atoms with Crippen molar-refractivity contribution in [3.05, 3.63) is 89.0 Å². The summed E-state index contributed by atoms with van der Waals surface area (Å²) in [6.45, 7) is 4.60. The van der Waals surface area contributed by atoms with Crippen LogP contribution in [0, 0.1) is 12.8 Å². The lowest BCUT2D eigenvalue weighted by molar-refractivity contribution is 0.0921. The Hall–Kier alpha value is -3.25. The highest BCUT2D eigenvalue weighted by Crippen LogP contribution is 2.36. The number of aryl methyl sites for hydroxylation is 1. The van der Waals surface area contributed by atoms with Crippen LogP contribution >= 0.6 is 0 Å². The van der Waals surface area contributed by atoms with Gasteiger partial charge in [-0.2, -0.15) is 0 Å². The van der Waals surface area contributed by atoms with Crippen molar-refractivity contribution in [2.75, 3.05) is 4.90 Å². The minimum atomic E-state index is -1.54. The summed E-state index contributed by atoms with van der Waals surface area (Å²) in [4.78, 5) is 29.7. The van der Waals surface area contributed by atoms with E-state index in [9.17, 15) is 13.8 Å². The van der Waals surface area contributed by atoms with Crippen LogP contribution in [0.2, 0.25) is 0 Å². The highest BCUT2D eigenvalue weighted by atomic mass is 32.2. The molecular weight excluding hydrogens is 456 g/mol. The zero-order chi connectivity index (χ0) is 24.5. The first-order chi connectivity index (χ1) is 16.9. The minimum Gasteiger partial charge on any atom is -0.349 e. The van der Waals surface area contributed by atoms with Gasteiger partial charge in [-0.25, -0.2) is 4.21 Å². The topological polar surface area (TPSA) is 66.5 Å². The van der Waals surface area contributed by atoms with E-state index >= 15 is 0 Å². The number of carbonyl (C=O) groups excluding carboxylic acids is 2. The lowest BCUT2D eigenvalue weighted by Crippen LogP contribution is -2.37. The summed E-state index contributed by atoms with van der Waals surface area (Å²) in [6.07, 6.45) is 4.19. The summed E-state index contributed by atoms with van der Waals surface area (Å²) in [7, 11) is -1.54. The SMILES string of the molecule is Cc1ccccc1CN1C(=O)c2ccccc2S(=O)c2ccc(C(=O)NC3CCC(C)CC3)cc21. The van der Waals surface area contributed by atoms with Crippen molar-refractivity contribution in [1.82, 2.24) is 5.32 Å². The van der Waals surface area contributed by atoms with Gasteiger partial charge in [0.25, 0.3) is 11.8 Å². The van der Waals surface area contributed by atoms with Crippen LogP contribution in [0.4, 0.5) is 5.69 Å². The van der Waals surface area contributed by atoms with E-state index in [4.69, 9.17) is 0 Å². The number of nitrogens with one attached hydrogen (secondary N) is 1. The molecule has 1 fully saturated rings. The Morgan fingerprint density at radius 1 is 0.971 bits per heavy atom. The molecule has 2 aliphatic rings. The quantitative estimate of drug-likeness (QED) is 0.520. The van der Waals surface area contributed by atoms with Gasteiger partial charge in [-0.1, -0.05) is 43.3 Å². The number of rotatable bonds is 4. The molecule has 3 aromatic carbocycles. The number of benzene rings is 3. The molecule has 2 amide bonds. The highest BCUT2D eigenvalue weighted by Gasteiger charge is 2.32. The average Bonchev–Trinajstić information content (AvgIpc) is 2.96. The molecule has 3 aromatic rings. The number of anilines is 1. The van der Waals surface area contributed by atoms with Gasteiger partial charge in [-0.05, 0) is 80.0 Å². The van der Waals surface area contributed by atoms with Gasteiger partial charge >= 0.3 is 0 Å². The summed E-state index contributed by atoms with van der Waals surface area (Å²) >= 11 is 0. The normalized spacial score (nSPS) is 21.6. The van der Waals surface area contributed by atoms with Crippen molar-refractivity contribution >= 4 is 28.3 Å². The minimum absolute atomic E-state index is 0.150. The molecule has 0 aromatic heterocycles. The number of hydrogen-bond acceptors (Lipinski definition) is 3. The zero-order valence-corrected chi connectivity index (χ0v) is 20.9. The van der Waals surface area contributed by atoms with E-state index in [2.05, 4.69) is 12.2 Å². The third-order valence-corrected chi connectivity index (χ3v) is 8.71. The first-order valence-electron chi connectivity index (χ1n) is 12.2. The fourth-order valence-electron chi connectivity index (χ4n) is 4.99. The fourth-order valence-corrected chi connectivity index (χ4v) is 6.34. The summed E-state index contributed by atoms with van der Waals surface area (Å²) in [5.41, 5.74) is 3.51. The van der Waals surface area contributed by atoms with Crippen LogP contribution in [0.15, 0.2) is 76.5 Å². The Morgan fingerprint density at radius 2 is 1.69 bits per heavy atom. The van der Waals surface area contributed by atoms with Crippen molar-refractivity contribution in [3.8, 4) is 0 Å². The molecule has 180 valence electrons. The van der Waals surface area contributed by atoms with Gasteiger partial charge < -0.3 is 10.2 Å².